The van der Waals surface area contributed by atoms with E-state index in [1.54, 1.807) is 0 Å². The fourth-order valence-electron chi connectivity index (χ4n) is 3.16. The topological polar surface area (TPSA) is 183 Å². The number of ether oxygens (including phenoxy) is 2. The van der Waals surface area contributed by atoms with Crippen LogP contribution in [-0.4, -0.2) is 86.5 Å². The summed E-state index contributed by atoms with van der Waals surface area (Å²) in [7, 11) is 0. The van der Waals surface area contributed by atoms with Crippen molar-refractivity contribution in [3.05, 3.63) is 0 Å². The number of primary amides is 1. The Bertz CT molecular complexity index is 674. The molecule has 0 bridgehead atoms. The van der Waals surface area contributed by atoms with Gasteiger partial charge >= 0.3 is 0 Å². The maximum Gasteiger partial charge on any atom is 0.245 e. The molecule has 1 rings (SSSR count). The Morgan fingerprint density at radius 1 is 1.06 bits per heavy atom. The molecule has 34 heavy (non-hydrogen) atoms. The zero-order chi connectivity index (χ0) is 24.6. The summed E-state index contributed by atoms with van der Waals surface area (Å²) in [6.07, 6.45) is 2.76. The molecule has 1 heterocycles. The van der Waals surface area contributed by atoms with Gasteiger partial charge in [-0.3, -0.25) is 28.9 Å². The average molecular weight is 488 g/mol. The van der Waals surface area contributed by atoms with Crippen LogP contribution in [0, 0.1) is 5.92 Å². The minimum absolute atomic E-state index is 0. The number of amides is 5. The monoisotopic (exact) mass is 487 g/mol. The van der Waals surface area contributed by atoms with Gasteiger partial charge in [-0.15, -0.1) is 0 Å². The predicted molar refractivity (Wildman–Crippen MR) is 125 cm³/mol. The molecule has 0 aromatic heterocycles. The highest BCUT2D eigenvalue weighted by atomic mass is 16.5. The standard InChI is InChI=1S/C21H37N5O7.CH4/c1-2-15-13-19(29)26(21(15)31)9-6-17(27)25-8-10-32-11-12-33-14-18(28)24-7-4-3-5-16(22)20(23)30;/h15-16H,2-14,22H2,1H3,(H2,23,30)(H,24,28)(H,25,27);1H4. The van der Waals surface area contributed by atoms with Crippen molar-refractivity contribution in [3.8, 4) is 0 Å². The molecule has 0 radical (unpaired) electrons. The molecule has 6 N–H and O–H groups in total. The molecule has 5 amide bonds. The molecule has 1 aliphatic rings. The fraction of sp³-hybridized carbons (Fsp3) is 0.773. The smallest absolute Gasteiger partial charge is 0.245 e. The van der Waals surface area contributed by atoms with E-state index in [2.05, 4.69) is 10.6 Å². The molecule has 12 heteroatoms. The number of hydrogen-bond acceptors (Lipinski definition) is 8. The molecule has 2 unspecified atom stereocenters. The van der Waals surface area contributed by atoms with Crippen LogP contribution in [-0.2, 0) is 33.4 Å². The van der Waals surface area contributed by atoms with Crippen LogP contribution in [0.15, 0.2) is 0 Å². The van der Waals surface area contributed by atoms with Crippen molar-refractivity contribution in [2.45, 2.75) is 58.9 Å². The summed E-state index contributed by atoms with van der Waals surface area (Å²) >= 11 is 0. The molecule has 12 nitrogen and oxygen atoms in total. The van der Waals surface area contributed by atoms with Crippen LogP contribution in [0.3, 0.4) is 0 Å². The van der Waals surface area contributed by atoms with E-state index in [-0.39, 0.29) is 89.3 Å². The number of imide groups is 1. The molecule has 0 saturated carbocycles. The summed E-state index contributed by atoms with van der Waals surface area (Å²) in [5.74, 6) is -1.72. The molecule has 0 aromatic rings. The van der Waals surface area contributed by atoms with Crippen molar-refractivity contribution in [1.82, 2.24) is 15.5 Å². The lowest BCUT2D eigenvalue weighted by Crippen LogP contribution is -2.36. The molecular formula is C22H41N5O7. The van der Waals surface area contributed by atoms with E-state index in [9.17, 15) is 24.0 Å². The zero-order valence-electron chi connectivity index (χ0n) is 19.3. The first-order valence-corrected chi connectivity index (χ1v) is 11.3. The molecular weight excluding hydrogens is 446 g/mol. The van der Waals surface area contributed by atoms with Crippen LogP contribution < -0.4 is 22.1 Å². The third-order valence-corrected chi connectivity index (χ3v) is 5.20. The number of nitrogens with two attached hydrogens (primary N) is 2. The number of rotatable bonds is 18. The highest BCUT2D eigenvalue weighted by Crippen LogP contribution is 2.22. The Balaban J connectivity index is 0.0000109. The second-order valence-electron chi connectivity index (χ2n) is 7.81. The van der Waals surface area contributed by atoms with Crippen LogP contribution in [0.2, 0.25) is 0 Å². The number of unbranched alkanes of at least 4 members (excludes halogenated alkanes) is 1. The van der Waals surface area contributed by atoms with Gasteiger partial charge in [-0.05, 0) is 25.7 Å². The minimum Gasteiger partial charge on any atom is -0.377 e. The van der Waals surface area contributed by atoms with Gasteiger partial charge in [0.05, 0.1) is 25.9 Å². The molecule has 0 aliphatic carbocycles. The van der Waals surface area contributed by atoms with Gasteiger partial charge in [0.1, 0.15) is 6.61 Å². The maximum atomic E-state index is 12.0. The summed E-state index contributed by atoms with van der Waals surface area (Å²) in [4.78, 5) is 59.3. The number of carbonyl (C=O) groups is 5. The molecule has 2 atom stereocenters. The van der Waals surface area contributed by atoms with Crippen molar-refractivity contribution in [2.75, 3.05) is 46.1 Å². The summed E-state index contributed by atoms with van der Waals surface area (Å²) in [5.41, 5.74) is 10.6. The molecule has 1 aliphatic heterocycles. The number of carbonyl (C=O) groups excluding carboxylic acids is 5. The SMILES string of the molecule is C.CCC1CC(=O)N(CCC(=O)NCCOCCOCC(=O)NCCCCC(N)C(N)=O)C1=O. The van der Waals surface area contributed by atoms with E-state index in [0.29, 0.717) is 32.2 Å². The largest absolute Gasteiger partial charge is 0.377 e. The first-order valence-electron chi connectivity index (χ1n) is 11.3. The Morgan fingerprint density at radius 2 is 1.74 bits per heavy atom. The van der Waals surface area contributed by atoms with Gasteiger partial charge in [0.2, 0.25) is 29.5 Å². The number of nitrogens with zero attached hydrogens (tertiary/aromatic N) is 1. The summed E-state index contributed by atoms with van der Waals surface area (Å²) in [6, 6.07) is -0.655. The Kier molecular flexibility index (Phi) is 16.5. The van der Waals surface area contributed by atoms with Crippen molar-refractivity contribution in [1.29, 1.82) is 0 Å². The van der Waals surface area contributed by atoms with E-state index in [0.717, 1.165) is 4.90 Å². The van der Waals surface area contributed by atoms with Gasteiger partial charge in [0.25, 0.3) is 0 Å². The first kappa shape index (κ1) is 31.4. The van der Waals surface area contributed by atoms with Crippen LogP contribution in [0.4, 0.5) is 0 Å². The third-order valence-electron chi connectivity index (χ3n) is 5.20. The lowest BCUT2D eigenvalue weighted by atomic mass is 10.1. The summed E-state index contributed by atoms with van der Waals surface area (Å²) in [6.45, 7) is 3.39. The van der Waals surface area contributed by atoms with Gasteiger partial charge in [-0.25, -0.2) is 0 Å². The molecule has 1 saturated heterocycles. The summed E-state index contributed by atoms with van der Waals surface area (Å²) < 4.78 is 10.5. The van der Waals surface area contributed by atoms with Gasteiger partial charge in [-0.1, -0.05) is 14.4 Å². The van der Waals surface area contributed by atoms with Crippen molar-refractivity contribution >= 4 is 29.5 Å². The maximum absolute atomic E-state index is 12.0. The van der Waals surface area contributed by atoms with Crippen molar-refractivity contribution < 1.29 is 33.4 Å². The van der Waals surface area contributed by atoms with E-state index < -0.39 is 11.9 Å². The lowest BCUT2D eigenvalue weighted by molar-refractivity contribution is -0.139. The van der Waals surface area contributed by atoms with Crippen LogP contribution in [0.5, 0.6) is 0 Å². The number of likely N-dealkylation sites (tertiary alicyclic amines) is 1. The van der Waals surface area contributed by atoms with Gasteiger partial charge in [-0.2, -0.15) is 0 Å². The highest BCUT2D eigenvalue weighted by Gasteiger charge is 2.37. The van der Waals surface area contributed by atoms with Crippen LogP contribution in [0.1, 0.15) is 52.9 Å². The average Bonchev–Trinajstić information content (AvgIpc) is 3.06. The number of hydrogen-bond donors (Lipinski definition) is 4. The van der Waals surface area contributed by atoms with Crippen molar-refractivity contribution in [3.63, 3.8) is 0 Å². The van der Waals surface area contributed by atoms with Crippen LogP contribution in [0.25, 0.3) is 0 Å². The quantitative estimate of drug-likeness (QED) is 0.141. The van der Waals surface area contributed by atoms with E-state index in [1.165, 1.54) is 0 Å². The second-order valence-corrected chi connectivity index (χ2v) is 7.81. The second kappa shape index (κ2) is 17.8. The predicted octanol–water partition coefficient (Wildman–Crippen LogP) is -0.954. The first-order chi connectivity index (χ1) is 15.8. The van der Waals surface area contributed by atoms with Crippen LogP contribution >= 0.6 is 0 Å². The highest BCUT2D eigenvalue weighted by molar-refractivity contribution is 6.03. The molecule has 0 spiro atoms. The van der Waals surface area contributed by atoms with E-state index in [1.807, 2.05) is 6.92 Å². The lowest BCUT2D eigenvalue weighted by Gasteiger charge is -2.14. The van der Waals surface area contributed by atoms with Gasteiger partial charge in [0, 0.05) is 38.4 Å². The Hall–Kier alpha value is -2.57. The van der Waals surface area contributed by atoms with Crippen molar-refractivity contribution in [2.24, 2.45) is 17.4 Å². The van der Waals surface area contributed by atoms with Gasteiger partial charge in [0.15, 0.2) is 0 Å². The third kappa shape index (κ3) is 12.6. The van der Waals surface area contributed by atoms with Gasteiger partial charge < -0.3 is 31.6 Å². The molecule has 1 fully saturated rings. The minimum atomic E-state index is -0.655. The molecule has 196 valence electrons. The Morgan fingerprint density at radius 3 is 2.38 bits per heavy atom. The van der Waals surface area contributed by atoms with E-state index in [4.69, 9.17) is 20.9 Å². The Labute approximate surface area is 201 Å². The summed E-state index contributed by atoms with van der Waals surface area (Å²) in [5, 5.41) is 5.36. The van der Waals surface area contributed by atoms with E-state index >= 15 is 0 Å². The number of nitrogens with one attached hydrogen (secondary N) is 2. The zero-order valence-corrected chi connectivity index (χ0v) is 19.3. The fourth-order valence-corrected chi connectivity index (χ4v) is 3.16. The normalized spacial score (nSPS) is 16.2. The molecule has 0 aromatic carbocycles.